The molecule has 0 aliphatic heterocycles. The van der Waals surface area contributed by atoms with Crippen LogP contribution in [-0.2, 0) is 0 Å². The summed E-state index contributed by atoms with van der Waals surface area (Å²) < 4.78 is 0. The minimum atomic E-state index is -1.29. The van der Waals surface area contributed by atoms with E-state index in [0.717, 1.165) is 12.8 Å². The average Bonchev–Trinajstić information content (AvgIpc) is 3.11. The number of carboxylic acid groups (broad SMARTS) is 1. The Bertz CT molecular complexity index is 535. The van der Waals surface area contributed by atoms with Crippen molar-refractivity contribution in [3.63, 3.8) is 0 Å². The van der Waals surface area contributed by atoms with E-state index in [1.807, 2.05) is 13.8 Å². The van der Waals surface area contributed by atoms with Crippen molar-refractivity contribution >= 4 is 17.3 Å². The molecule has 0 saturated heterocycles. The molecule has 0 radical (unpaired) electrons. The quantitative estimate of drug-likeness (QED) is 0.630. The molecule has 2 N–H and O–H groups in total. The zero-order valence-electron chi connectivity index (χ0n) is 10.8. The maximum absolute atomic E-state index is 11.1. The van der Waals surface area contributed by atoms with Crippen molar-refractivity contribution in [1.29, 1.82) is 0 Å². The van der Waals surface area contributed by atoms with Crippen LogP contribution in [-0.4, -0.2) is 21.5 Å². The Kier molecular flexibility index (Phi) is 3.18. The van der Waals surface area contributed by atoms with Gasteiger partial charge < -0.3 is 10.4 Å². The zero-order valence-corrected chi connectivity index (χ0v) is 10.8. The standard InChI is InChI=1S/C13H16N2O4/c1-13(2,8-6-7-8)14-10-5-3-4-9(12(16)17)11(10)15(18)19/h3-5,8,14H,6-7H2,1-2H3,(H,16,17). The minimum absolute atomic E-state index is 0.266. The third-order valence-corrected chi connectivity index (χ3v) is 3.50. The normalized spacial score (nSPS) is 15.1. The lowest BCUT2D eigenvalue weighted by Crippen LogP contribution is -2.33. The number of nitro groups is 1. The molecule has 1 fully saturated rings. The van der Waals surface area contributed by atoms with E-state index >= 15 is 0 Å². The van der Waals surface area contributed by atoms with Crippen LogP contribution in [0.15, 0.2) is 18.2 Å². The van der Waals surface area contributed by atoms with Gasteiger partial charge in [0.15, 0.2) is 0 Å². The Balaban J connectivity index is 2.42. The Morgan fingerprint density at radius 2 is 2.11 bits per heavy atom. The first kappa shape index (κ1) is 13.3. The van der Waals surface area contributed by atoms with Crippen LogP contribution in [0, 0.1) is 16.0 Å². The maximum Gasteiger partial charge on any atom is 0.342 e. The Morgan fingerprint density at radius 1 is 1.47 bits per heavy atom. The number of benzene rings is 1. The third kappa shape index (κ3) is 2.67. The highest BCUT2D eigenvalue weighted by Gasteiger charge is 2.39. The first-order valence-corrected chi connectivity index (χ1v) is 6.12. The number of nitro benzene ring substituents is 1. The van der Waals surface area contributed by atoms with Crippen molar-refractivity contribution in [2.24, 2.45) is 5.92 Å². The molecule has 0 atom stereocenters. The van der Waals surface area contributed by atoms with Crippen LogP contribution in [0.2, 0.25) is 0 Å². The van der Waals surface area contributed by atoms with E-state index in [1.54, 1.807) is 6.07 Å². The smallest absolute Gasteiger partial charge is 0.342 e. The monoisotopic (exact) mass is 264 g/mol. The van der Waals surface area contributed by atoms with Crippen LogP contribution in [0.1, 0.15) is 37.0 Å². The molecule has 0 spiro atoms. The van der Waals surface area contributed by atoms with Gasteiger partial charge in [-0.3, -0.25) is 10.1 Å². The molecule has 0 heterocycles. The third-order valence-electron chi connectivity index (χ3n) is 3.50. The average molecular weight is 264 g/mol. The number of para-hydroxylation sites is 1. The Morgan fingerprint density at radius 3 is 2.58 bits per heavy atom. The molecule has 2 rings (SSSR count). The molecule has 1 saturated carbocycles. The van der Waals surface area contributed by atoms with Gasteiger partial charge in [-0.2, -0.15) is 0 Å². The first-order chi connectivity index (χ1) is 8.83. The molecular formula is C13H16N2O4. The van der Waals surface area contributed by atoms with E-state index in [0.29, 0.717) is 5.92 Å². The summed E-state index contributed by atoms with van der Waals surface area (Å²) >= 11 is 0. The van der Waals surface area contributed by atoms with Crippen molar-refractivity contribution in [2.75, 3.05) is 5.32 Å². The van der Waals surface area contributed by atoms with E-state index in [4.69, 9.17) is 5.11 Å². The van der Waals surface area contributed by atoms with Gasteiger partial charge in [0.2, 0.25) is 0 Å². The number of carbonyl (C=O) groups is 1. The van der Waals surface area contributed by atoms with Crippen LogP contribution in [0.3, 0.4) is 0 Å². The van der Waals surface area contributed by atoms with Gasteiger partial charge >= 0.3 is 11.7 Å². The molecule has 6 nitrogen and oxygen atoms in total. The fourth-order valence-electron chi connectivity index (χ4n) is 2.27. The number of rotatable bonds is 5. The highest BCUT2D eigenvalue weighted by atomic mass is 16.6. The molecule has 1 aliphatic carbocycles. The summed E-state index contributed by atoms with van der Waals surface area (Å²) in [5.41, 5.74) is -0.672. The summed E-state index contributed by atoms with van der Waals surface area (Å²) in [6, 6.07) is 4.31. The summed E-state index contributed by atoms with van der Waals surface area (Å²) in [4.78, 5) is 21.5. The van der Waals surface area contributed by atoms with Gasteiger partial charge in [0.05, 0.1) is 4.92 Å². The summed E-state index contributed by atoms with van der Waals surface area (Å²) in [5, 5.41) is 23.3. The first-order valence-electron chi connectivity index (χ1n) is 6.12. The Labute approximate surface area is 110 Å². The van der Waals surface area contributed by atoms with Crippen LogP contribution in [0.4, 0.5) is 11.4 Å². The van der Waals surface area contributed by atoms with Crippen molar-refractivity contribution in [3.05, 3.63) is 33.9 Å². The summed E-state index contributed by atoms with van der Waals surface area (Å²) in [6.45, 7) is 3.95. The molecule has 6 heteroatoms. The van der Waals surface area contributed by atoms with Crippen molar-refractivity contribution < 1.29 is 14.8 Å². The summed E-state index contributed by atoms with van der Waals surface area (Å²) in [5.74, 6) is -0.819. The maximum atomic E-state index is 11.1. The highest BCUT2D eigenvalue weighted by molar-refractivity contribution is 5.95. The molecule has 1 aliphatic rings. The second-order valence-corrected chi connectivity index (χ2v) is 5.38. The second-order valence-electron chi connectivity index (χ2n) is 5.38. The zero-order chi connectivity index (χ0) is 14.2. The second kappa shape index (κ2) is 4.53. The number of aromatic carboxylic acids is 1. The molecule has 0 amide bonds. The van der Waals surface area contributed by atoms with Gasteiger partial charge in [-0.05, 0) is 44.7 Å². The fourth-order valence-corrected chi connectivity index (χ4v) is 2.27. The lowest BCUT2D eigenvalue weighted by atomic mass is 9.97. The van der Waals surface area contributed by atoms with Crippen molar-refractivity contribution in [1.82, 2.24) is 0 Å². The van der Waals surface area contributed by atoms with Gasteiger partial charge in [-0.15, -0.1) is 0 Å². The van der Waals surface area contributed by atoms with E-state index in [9.17, 15) is 14.9 Å². The fraction of sp³-hybridized carbons (Fsp3) is 0.462. The SMILES string of the molecule is CC(C)(Nc1cccc(C(=O)O)c1[N+](=O)[O-])C1CC1. The molecule has 102 valence electrons. The predicted molar refractivity (Wildman–Crippen MR) is 70.5 cm³/mol. The molecule has 19 heavy (non-hydrogen) atoms. The highest BCUT2D eigenvalue weighted by Crippen LogP contribution is 2.42. The Hall–Kier alpha value is -2.11. The largest absolute Gasteiger partial charge is 0.477 e. The number of anilines is 1. The minimum Gasteiger partial charge on any atom is -0.477 e. The van der Waals surface area contributed by atoms with Crippen LogP contribution in [0.5, 0.6) is 0 Å². The van der Waals surface area contributed by atoms with Gasteiger partial charge in [0.25, 0.3) is 0 Å². The van der Waals surface area contributed by atoms with Gasteiger partial charge in [0.1, 0.15) is 11.3 Å². The molecule has 1 aromatic carbocycles. The molecular weight excluding hydrogens is 248 g/mol. The van der Waals surface area contributed by atoms with E-state index in [1.165, 1.54) is 12.1 Å². The van der Waals surface area contributed by atoms with Crippen molar-refractivity contribution in [3.8, 4) is 0 Å². The van der Waals surface area contributed by atoms with Crippen LogP contribution < -0.4 is 5.32 Å². The van der Waals surface area contributed by atoms with Gasteiger partial charge in [-0.25, -0.2) is 4.79 Å². The molecule has 0 bridgehead atoms. The molecule has 1 aromatic rings. The van der Waals surface area contributed by atoms with Gasteiger partial charge in [0, 0.05) is 5.54 Å². The molecule has 0 unspecified atom stereocenters. The number of carboxylic acids is 1. The lowest BCUT2D eigenvalue weighted by molar-refractivity contribution is -0.384. The van der Waals surface area contributed by atoms with Crippen LogP contribution in [0.25, 0.3) is 0 Å². The number of nitrogens with zero attached hydrogens (tertiary/aromatic N) is 1. The topological polar surface area (TPSA) is 92.5 Å². The van der Waals surface area contributed by atoms with E-state index in [2.05, 4.69) is 5.32 Å². The van der Waals surface area contributed by atoms with E-state index in [-0.39, 0.29) is 22.5 Å². The van der Waals surface area contributed by atoms with E-state index < -0.39 is 10.9 Å². The number of nitrogens with one attached hydrogen (secondary N) is 1. The number of hydrogen-bond donors (Lipinski definition) is 2. The lowest BCUT2D eigenvalue weighted by Gasteiger charge is -2.27. The van der Waals surface area contributed by atoms with Gasteiger partial charge in [-0.1, -0.05) is 6.07 Å². The van der Waals surface area contributed by atoms with Crippen LogP contribution >= 0.6 is 0 Å². The molecule has 0 aromatic heterocycles. The predicted octanol–water partition coefficient (Wildman–Crippen LogP) is 2.89. The summed E-state index contributed by atoms with van der Waals surface area (Å²) in [7, 11) is 0. The van der Waals surface area contributed by atoms with Crippen molar-refractivity contribution in [2.45, 2.75) is 32.2 Å². The summed E-state index contributed by atoms with van der Waals surface area (Å²) in [6.07, 6.45) is 2.18. The number of hydrogen-bond acceptors (Lipinski definition) is 4.